The van der Waals surface area contributed by atoms with Crippen molar-refractivity contribution in [2.75, 3.05) is 24.2 Å². The minimum atomic E-state index is -0.0830. The molecule has 1 amide bonds. The quantitative estimate of drug-likeness (QED) is 0.278. The molecule has 0 aliphatic rings. The van der Waals surface area contributed by atoms with Gasteiger partial charge in [0.05, 0.1) is 12.2 Å². The van der Waals surface area contributed by atoms with E-state index in [1.807, 2.05) is 12.1 Å². The lowest BCUT2D eigenvalue weighted by Crippen LogP contribution is -2.26. The van der Waals surface area contributed by atoms with Gasteiger partial charge in [-0.05, 0) is 34.9 Å². The van der Waals surface area contributed by atoms with E-state index in [9.17, 15) is 4.79 Å². The minimum Gasteiger partial charge on any atom is -0.396 e. The van der Waals surface area contributed by atoms with Crippen molar-refractivity contribution in [1.82, 2.24) is 25.2 Å². The summed E-state index contributed by atoms with van der Waals surface area (Å²) in [5.74, 6) is 1.12. The average Bonchev–Trinajstić information content (AvgIpc) is 3.29. The number of carbonyl (C=O) groups excluding carboxylic acids is 1. The number of hydrogen-bond donors (Lipinski definition) is 6. The van der Waals surface area contributed by atoms with Crippen LogP contribution in [0.25, 0.3) is 0 Å². The van der Waals surface area contributed by atoms with Crippen LogP contribution in [0.4, 0.5) is 17.3 Å². The van der Waals surface area contributed by atoms with Crippen molar-refractivity contribution in [2.45, 2.75) is 19.5 Å². The molecule has 166 valence electrons. The van der Waals surface area contributed by atoms with Gasteiger partial charge in [0.15, 0.2) is 0 Å². The molecule has 10 heteroatoms. The van der Waals surface area contributed by atoms with Gasteiger partial charge in [-0.3, -0.25) is 4.79 Å². The number of pyridine rings is 1. The van der Waals surface area contributed by atoms with Crippen molar-refractivity contribution in [3.05, 3.63) is 77.0 Å². The van der Waals surface area contributed by atoms with E-state index >= 15 is 0 Å². The average molecular weight is 434 g/mol. The number of rotatable bonds is 9. The number of benzene rings is 1. The van der Waals surface area contributed by atoms with Gasteiger partial charge in [-0.15, -0.1) is 0 Å². The summed E-state index contributed by atoms with van der Waals surface area (Å²) in [6.07, 6.45) is 6.77. The third kappa shape index (κ3) is 5.63. The summed E-state index contributed by atoms with van der Waals surface area (Å²) in [7, 11) is 1.74. The van der Waals surface area contributed by atoms with Crippen LogP contribution in [0.3, 0.4) is 0 Å². The summed E-state index contributed by atoms with van der Waals surface area (Å²) >= 11 is 0. The van der Waals surface area contributed by atoms with Crippen LogP contribution in [0.1, 0.15) is 27.3 Å². The number of nitrogens with one attached hydrogen (secondary N) is 3. The summed E-state index contributed by atoms with van der Waals surface area (Å²) in [5.41, 5.74) is 20.8. The van der Waals surface area contributed by atoms with Gasteiger partial charge in [0.2, 0.25) is 0 Å². The third-order valence-corrected chi connectivity index (χ3v) is 4.86. The van der Waals surface area contributed by atoms with Crippen LogP contribution in [0.15, 0.2) is 54.5 Å². The number of anilines is 3. The molecule has 0 aliphatic carbocycles. The molecule has 3 rings (SSSR count). The van der Waals surface area contributed by atoms with Crippen molar-refractivity contribution < 1.29 is 4.79 Å². The fourth-order valence-electron chi connectivity index (χ4n) is 3.13. The van der Waals surface area contributed by atoms with E-state index < -0.39 is 0 Å². The number of imidazole rings is 1. The van der Waals surface area contributed by atoms with Crippen LogP contribution in [-0.2, 0) is 19.5 Å². The van der Waals surface area contributed by atoms with E-state index in [2.05, 4.69) is 20.3 Å². The number of carbonyl (C=O) groups is 1. The highest BCUT2D eigenvalue weighted by Crippen LogP contribution is 2.22. The van der Waals surface area contributed by atoms with E-state index in [4.69, 9.17) is 22.6 Å². The van der Waals surface area contributed by atoms with Crippen LogP contribution in [-0.4, -0.2) is 39.0 Å². The predicted octanol–water partition coefficient (Wildman–Crippen LogP) is 1.69. The van der Waals surface area contributed by atoms with E-state index in [1.165, 1.54) is 6.21 Å². The maximum atomic E-state index is 12.6. The van der Waals surface area contributed by atoms with Gasteiger partial charge in [-0.25, -0.2) is 9.97 Å². The number of aromatic amines is 1. The van der Waals surface area contributed by atoms with E-state index in [0.717, 1.165) is 11.4 Å². The molecule has 3 aromatic rings. The van der Waals surface area contributed by atoms with Crippen LogP contribution in [0.2, 0.25) is 0 Å². The molecule has 0 unspecified atom stereocenters. The third-order valence-electron chi connectivity index (χ3n) is 4.86. The highest BCUT2D eigenvalue weighted by atomic mass is 16.2. The fourth-order valence-corrected chi connectivity index (χ4v) is 3.13. The SMILES string of the molecule is CN(Cc1ncc[nH]1)C(=O)c1ccc(CN/C=C(\C=N)Cc2cc(N)nc(N)c2N)cc1. The van der Waals surface area contributed by atoms with Crippen molar-refractivity contribution in [3.63, 3.8) is 0 Å². The Bertz CT molecular complexity index is 1110. The molecule has 0 atom stereocenters. The lowest BCUT2D eigenvalue weighted by molar-refractivity contribution is 0.0782. The molecule has 0 radical (unpaired) electrons. The first-order valence-corrected chi connectivity index (χ1v) is 9.93. The maximum absolute atomic E-state index is 12.6. The van der Waals surface area contributed by atoms with E-state index in [-0.39, 0.29) is 17.5 Å². The maximum Gasteiger partial charge on any atom is 0.253 e. The second-order valence-corrected chi connectivity index (χ2v) is 7.32. The highest BCUT2D eigenvalue weighted by Gasteiger charge is 2.13. The molecular formula is C22H27N9O. The Kier molecular flexibility index (Phi) is 7.06. The van der Waals surface area contributed by atoms with Crippen molar-refractivity contribution in [3.8, 4) is 0 Å². The van der Waals surface area contributed by atoms with Crippen LogP contribution in [0.5, 0.6) is 0 Å². The first-order chi connectivity index (χ1) is 15.4. The number of nitrogen functional groups attached to an aromatic ring is 3. The number of aromatic nitrogens is 3. The second kappa shape index (κ2) is 10.1. The summed E-state index contributed by atoms with van der Waals surface area (Å²) in [4.78, 5) is 25.2. The summed E-state index contributed by atoms with van der Waals surface area (Å²) in [6.45, 7) is 0.940. The zero-order valence-corrected chi connectivity index (χ0v) is 17.8. The number of allylic oxidation sites excluding steroid dienone is 1. The molecule has 0 aliphatic heterocycles. The topological polar surface area (TPSA) is 176 Å². The van der Waals surface area contributed by atoms with Crippen molar-refractivity contribution in [1.29, 1.82) is 5.41 Å². The lowest BCUT2D eigenvalue weighted by atomic mass is 10.1. The standard InChI is InChI=1S/C22H27N9O/c1-31(13-19-28-6-7-29-19)22(32)16-4-2-14(3-5-16)11-27-12-15(10-23)8-17-9-18(24)30-21(26)20(17)25/h2-7,9-10,12,23,27H,8,11,13,25H2,1H3,(H,28,29)(H4,24,26,30)/b15-12-,23-10?. The Balaban J connectivity index is 1.57. The first kappa shape index (κ1) is 22.3. The number of H-pyrrole nitrogens is 1. The highest BCUT2D eigenvalue weighted by molar-refractivity contribution is 5.94. The zero-order valence-electron chi connectivity index (χ0n) is 17.8. The van der Waals surface area contributed by atoms with Gasteiger partial charge in [0.1, 0.15) is 17.5 Å². The van der Waals surface area contributed by atoms with E-state index in [1.54, 1.807) is 48.7 Å². The molecule has 9 N–H and O–H groups in total. The Labute approximate surface area is 186 Å². The number of nitrogens with two attached hydrogens (primary N) is 3. The molecule has 2 heterocycles. The zero-order chi connectivity index (χ0) is 23.1. The van der Waals surface area contributed by atoms with Crippen molar-refractivity contribution >= 4 is 29.4 Å². The van der Waals surface area contributed by atoms with Crippen LogP contribution in [0, 0.1) is 5.41 Å². The molecule has 0 bridgehead atoms. The van der Waals surface area contributed by atoms with Gasteiger partial charge < -0.3 is 37.8 Å². The summed E-state index contributed by atoms with van der Waals surface area (Å²) < 4.78 is 0. The molecule has 0 spiro atoms. The number of amides is 1. The predicted molar refractivity (Wildman–Crippen MR) is 126 cm³/mol. The lowest BCUT2D eigenvalue weighted by Gasteiger charge is -2.16. The molecule has 0 fully saturated rings. The first-order valence-electron chi connectivity index (χ1n) is 9.93. The molecule has 1 aromatic carbocycles. The Hall–Kier alpha value is -4.34. The van der Waals surface area contributed by atoms with Gasteiger partial charge in [0, 0.05) is 50.4 Å². The largest absolute Gasteiger partial charge is 0.396 e. The van der Waals surface area contributed by atoms with Gasteiger partial charge in [-0.1, -0.05) is 12.1 Å². The molecule has 2 aromatic heterocycles. The van der Waals surface area contributed by atoms with Crippen LogP contribution < -0.4 is 22.5 Å². The van der Waals surface area contributed by atoms with Gasteiger partial charge in [-0.2, -0.15) is 0 Å². The smallest absolute Gasteiger partial charge is 0.253 e. The molecule has 0 saturated heterocycles. The monoisotopic (exact) mass is 433 g/mol. The second-order valence-electron chi connectivity index (χ2n) is 7.32. The molecule has 10 nitrogen and oxygen atoms in total. The Morgan fingerprint density at radius 1 is 1.25 bits per heavy atom. The van der Waals surface area contributed by atoms with Gasteiger partial charge >= 0.3 is 0 Å². The number of hydrogen-bond acceptors (Lipinski definition) is 8. The van der Waals surface area contributed by atoms with Crippen LogP contribution >= 0.6 is 0 Å². The molecule has 0 saturated carbocycles. The normalized spacial score (nSPS) is 11.2. The Morgan fingerprint density at radius 2 is 2.00 bits per heavy atom. The van der Waals surface area contributed by atoms with Gasteiger partial charge in [0.25, 0.3) is 5.91 Å². The summed E-state index contributed by atoms with van der Waals surface area (Å²) in [6, 6.07) is 9.02. The molecular weight excluding hydrogens is 406 g/mol. The van der Waals surface area contributed by atoms with Crippen molar-refractivity contribution in [2.24, 2.45) is 0 Å². The summed E-state index contributed by atoms with van der Waals surface area (Å²) in [5, 5.41) is 10.8. The molecule has 32 heavy (non-hydrogen) atoms. The Morgan fingerprint density at radius 3 is 2.66 bits per heavy atom. The minimum absolute atomic E-state index is 0.0830. The fraction of sp³-hybridized carbons (Fsp3) is 0.182. The number of nitrogens with zero attached hydrogens (tertiary/aromatic N) is 3. The van der Waals surface area contributed by atoms with E-state index in [0.29, 0.717) is 41.9 Å².